The van der Waals surface area contributed by atoms with Crippen molar-refractivity contribution < 1.29 is 18.9 Å². The number of ether oxygens (including phenoxy) is 4. The van der Waals surface area contributed by atoms with Gasteiger partial charge in [-0.25, -0.2) is 0 Å². The van der Waals surface area contributed by atoms with Gasteiger partial charge in [0.15, 0.2) is 5.96 Å². The topological polar surface area (TPSA) is 67.8 Å². The number of morpholine rings is 2. The van der Waals surface area contributed by atoms with E-state index in [0.717, 1.165) is 82.7 Å². The highest BCUT2D eigenvalue weighted by atomic mass is 127. The molecule has 3 fully saturated rings. The van der Waals surface area contributed by atoms with E-state index in [1.807, 2.05) is 19.2 Å². The highest BCUT2D eigenvalue weighted by molar-refractivity contribution is 14.0. The molecule has 0 bridgehead atoms. The molecule has 32 heavy (non-hydrogen) atoms. The molecule has 3 aliphatic heterocycles. The molecule has 0 aromatic heterocycles. The number of halogens is 1. The lowest BCUT2D eigenvalue weighted by Crippen LogP contribution is -2.53. The number of nitrogens with zero attached hydrogens (tertiary/aromatic N) is 3. The number of guanidine groups is 1. The van der Waals surface area contributed by atoms with E-state index in [9.17, 15) is 0 Å². The normalized spacial score (nSPS) is 24.8. The molecule has 0 aliphatic carbocycles. The fraction of sp³-hybridized carbons (Fsp3) is 0.696. The van der Waals surface area contributed by atoms with Gasteiger partial charge < -0.3 is 29.2 Å². The third-order valence-corrected chi connectivity index (χ3v) is 6.16. The summed E-state index contributed by atoms with van der Waals surface area (Å²) < 4.78 is 23.4. The van der Waals surface area contributed by atoms with Gasteiger partial charge in [-0.15, -0.1) is 24.0 Å². The predicted molar refractivity (Wildman–Crippen MR) is 135 cm³/mol. The van der Waals surface area contributed by atoms with Gasteiger partial charge in [0.1, 0.15) is 18.5 Å². The summed E-state index contributed by atoms with van der Waals surface area (Å²) in [4.78, 5) is 9.18. The second-order valence-electron chi connectivity index (χ2n) is 8.22. The van der Waals surface area contributed by atoms with Crippen molar-refractivity contribution >= 4 is 29.9 Å². The van der Waals surface area contributed by atoms with Crippen molar-refractivity contribution in [1.29, 1.82) is 0 Å². The van der Waals surface area contributed by atoms with E-state index in [1.54, 1.807) is 0 Å². The second kappa shape index (κ2) is 13.5. The lowest BCUT2D eigenvalue weighted by molar-refractivity contribution is -0.0817. The Morgan fingerprint density at radius 3 is 2.69 bits per heavy atom. The van der Waals surface area contributed by atoms with Crippen molar-refractivity contribution in [1.82, 2.24) is 15.1 Å². The minimum absolute atomic E-state index is 0. The van der Waals surface area contributed by atoms with Crippen LogP contribution in [0.3, 0.4) is 0 Å². The Bertz CT molecular complexity index is 711. The van der Waals surface area contributed by atoms with Crippen LogP contribution in [0, 0.1) is 0 Å². The zero-order chi connectivity index (χ0) is 21.3. The smallest absolute Gasteiger partial charge is 0.194 e. The van der Waals surface area contributed by atoms with Gasteiger partial charge in [0.25, 0.3) is 0 Å². The molecular weight excluding hydrogens is 523 g/mol. The average Bonchev–Trinajstić information content (AvgIpc) is 3.36. The highest BCUT2D eigenvalue weighted by Crippen LogP contribution is 2.21. The largest absolute Gasteiger partial charge is 0.492 e. The molecule has 180 valence electrons. The summed E-state index contributed by atoms with van der Waals surface area (Å²) in [6.07, 6.45) is 2.53. The molecule has 8 nitrogen and oxygen atoms in total. The minimum atomic E-state index is 0. The Balaban J connectivity index is 0.00000289. The Labute approximate surface area is 208 Å². The third-order valence-electron chi connectivity index (χ3n) is 6.16. The lowest BCUT2D eigenvalue weighted by Gasteiger charge is -2.37. The number of hydrogen-bond acceptors (Lipinski definition) is 6. The van der Waals surface area contributed by atoms with Crippen LogP contribution in [-0.4, -0.2) is 101 Å². The maximum Gasteiger partial charge on any atom is 0.194 e. The number of para-hydroxylation sites is 1. The van der Waals surface area contributed by atoms with Crippen LogP contribution >= 0.6 is 24.0 Å². The molecule has 3 heterocycles. The summed E-state index contributed by atoms with van der Waals surface area (Å²) in [6.45, 7) is 9.05. The molecule has 9 heteroatoms. The van der Waals surface area contributed by atoms with Crippen LogP contribution in [0.5, 0.6) is 5.75 Å². The number of rotatable bonds is 7. The fourth-order valence-corrected chi connectivity index (χ4v) is 4.40. The molecule has 2 atom stereocenters. The number of hydrogen-bond donors (Lipinski definition) is 1. The zero-order valence-corrected chi connectivity index (χ0v) is 21.4. The maximum absolute atomic E-state index is 6.12. The van der Waals surface area contributed by atoms with Gasteiger partial charge in [0.2, 0.25) is 0 Å². The van der Waals surface area contributed by atoms with Crippen molar-refractivity contribution in [3.05, 3.63) is 29.8 Å². The first-order chi connectivity index (χ1) is 15.3. The van der Waals surface area contributed by atoms with E-state index >= 15 is 0 Å². The van der Waals surface area contributed by atoms with Gasteiger partial charge in [-0.3, -0.25) is 9.89 Å². The monoisotopic (exact) mass is 560 g/mol. The van der Waals surface area contributed by atoms with Crippen LogP contribution in [0.1, 0.15) is 18.4 Å². The Hall–Kier alpha value is -1.14. The molecule has 1 aromatic carbocycles. The molecule has 3 aliphatic rings. The van der Waals surface area contributed by atoms with Crippen LogP contribution in [0.2, 0.25) is 0 Å². The third kappa shape index (κ3) is 7.18. The van der Waals surface area contributed by atoms with Crippen molar-refractivity contribution in [2.45, 2.75) is 31.6 Å². The van der Waals surface area contributed by atoms with Gasteiger partial charge in [0.05, 0.1) is 25.9 Å². The summed E-state index contributed by atoms with van der Waals surface area (Å²) in [5, 5.41) is 3.52. The molecule has 0 spiro atoms. The van der Waals surface area contributed by atoms with Crippen LogP contribution in [0.15, 0.2) is 29.3 Å². The van der Waals surface area contributed by atoms with E-state index in [0.29, 0.717) is 19.8 Å². The van der Waals surface area contributed by atoms with Crippen molar-refractivity contribution in [3.8, 4) is 5.75 Å². The maximum atomic E-state index is 6.12. The minimum Gasteiger partial charge on any atom is -0.492 e. The summed E-state index contributed by atoms with van der Waals surface area (Å²) in [5.41, 5.74) is 1.13. The van der Waals surface area contributed by atoms with E-state index < -0.39 is 0 Å². The molecule has 0 radical (unpaired) electrons. The SMILES string of the molecule is CN=C(NCc1ccccc1OCCN1CCOCC1)N1CCOC(C2CCCO2)C1.I. The fourth-order valence-electron chi connectivity index (χ4n) is 4.40. The molecule has 1 N–H and O–H groups in total. The molecule has 3 saturated heterocycles. The number of aliphatic imine (C=N–C) groups is 1. The lowest BCUT2D eigenvalue weighted by atomic mass is 10.1. The van der Waals surface area contributed by atoms with Crippen molar-refractivity contribution in [3.63, 3.8) is 0 Å². The van der Waals surface area contributed by atoms with Crippen LogP contribution in [0.25, 0.3) is 0 Å². The van der Waals surface area contributed by atoms with Crippen LogP contribution < -0.4 is 10.1 Å². The summed E-state index contributed by atoms with van der Waals surface area (Å²) >= 11 is 0. The quantitative estimate of drug-likeness (QED) is 0.311. The summed E-state index contributed by atoms with van der Waals surface area (Å²) in [5.74, 6) is 1.83. The molecule has 1 aromatic rings. The van der Waals surface area contributed by atoms with Gasteiger partial charge in [-0.2, -0.15) is 0 Å². The first kappa shape index (κ1) is 25.5. The Morgan fingerprint density at radius 1 is 1.09 bits per heavy atom. The van der Waals surface area contributed by atoms with E-state index in [4.69, 9.17) is 18.9 Å². The molecule has 0 saturated carbocycles. The van der Waals surface area contributed by atoms with Gasteiger partial charge in [-0.05, 0) is 18.9 Å². The summed E-state index contributed by atoms with van der Waals surface area (Å²) in [6, 6.07) is 8.23. The number of benzene rings is 1. The number of nitrogens with one attached hydrogen (secondary N) is 1. The zero-order valence-electron chi connectivity index (χ0n) is 19.0. The van der Waals surface area contributed by atoms with E-state index in [2.05, 4.69) is 32.2 Å². The van der Waals surface area contributed by atoms with Crippen LogP contribution in [-0.2, 0) is 20.8 Å². The Kier molecular flexibility index (Phi) is 10.8. The molecular formula is C23H37IN4O4. The Morgan fingerprint density at radius 2 is 1.91 bits per heavy atom. The molecule has 0 amide bonds. The van der Waals surface area contributed by atoms with E-state index in [1.165, 1.54) is 0 Å². The average molecular weight is 560 g/mol. The van der Waals surface area contributed by atoms with Crippen molar-refractivity contribution in [2.24, 2.45) is 4.99 Å². The molecule has 4 rings (SSSR count). The van der Waals surface area contributed by atoms with Gasteiger partial charge in [0, 0.05) is 58.5 Å². The van der Waals surface area contributed by atoms with Crippen LogP contribution in [0.4, 0.5) is 0 Å². The predicted octanol–water partition coefficient (Wildman–Crippen LogP) is 1.97. The summed E-state index contributed by atoms with van der Waals surface area (Å²) in [7, 11) is 1.84. The van der Waals surface area contributed by atoms with Gasteiger partial charge in [-0.1, -0.05) is 18.2 Å². The first-order valence-corrected chi connectivity index (χ1v) is 11.5. The first-order valence-electron chi connectivity index (χ1n) is 11.5. The van der Waals surface area contributed by atoms with Crippen molar-refractivity contribution in [2.75, 3.05) is 72.8 Å². The van der Waals surface area contributed by atoms with E-state index in [-0.39, 0.29) is 36.2 Å². The second-order valence-corrected chi connectivity index (χ2v) is 8.22. The van der Waals surface area contributed by atoms with Gasteiger partial charge >= 0.3 is 0 Å². The molecule has 2 unspecified atom stereocenters. The highest BCUT2D eigenvalue weighted by Gasteiger charge is 2.32. The standard InChI is InChI=1S/C23H36N4O4.HI/c1-24-23(27-11-16-31-22(18-27)21-7-4-12-29-21)25-17-19-5-2-3-6-20(19)30-15-10-26-8-13-28-14-9-26;/h2-3,5-6,21-22H,4,7-18H2,1H3,(H,24,25);1H.